The molecule has 0 radical (unpaired) electrons. The van der Waals surface area contributed by atoms with Gasteiger partial charge in [0.25, 0.3) is 0 Å². The van der Waals surface area contributed by atoms with Crippen molar-refractivity contribution in [2.75, 3.05) is 7.11 Å². The number of methoxy groups -OCH3 is 1. The number of ether oxygens (including phenoxy) is 1. The molecule has 0 saturated heterocycles. The molecule has 0 atom stereocenters. The highest BCUT2D eigenvalue weighted by Crippen LogP contribution is 2.24. The van der Waals surface area contributed by atoms with Crippen molar-refractivity contribution in [2.45, 2.75) is 6.54 Å². The van der Waals surface area contributed by atoms with Crippen LogP contribution in [0.5, 0.6) is 0 Å². The first-order valence-electron chi connectivity index (χ1n) is 8.95. The third kappa shape index (κ3) is 3.55. The smallest absolute Gasteiger partial charge is 0.338 e. The van der Waals surface area contributed by atoms with Gasteiger partial charge >= 0.3 is 5.97 Å². The van der Waals surface area contributed by atoms with E-state index in [9.17, 15) is 4.79 Å². The van der Waals surface area contributed by atoms with Gasteiger partial charge in [0.1, 0.15) is 5.82 Å². The van der Waals surface area contributed by atoms with E-state index in [0.29, 0.717) is 12.1 Å². The van der Waals surface area contributed by atoms with Crippen LogP contribution < -0.4 is 0 Å². The van der Waals surface area contributed by atoms with E-state index in [0.717, 1.165) is 28.2 Å². The molecule has 0 aliphatic rings. The van der Waals surface area contributed by atoms with Crippen molar-refractivity contribution >= 4 is 5.97 Å². The lowest BCUT2D eigenvalue weighted by Gasteiger charge is -2.11. The fraction of sp³-hybridized carbons (Fsp3) is 0.0870. The molecule has 0 aliphatic heterocycles. The maximum atomic E-state index is 12.0. The van der Waals surface area contributed by atoms with Crippen LogP contribution in [0.25, 0.3) is 22.6 Å². The lowest BCUT2D eigenvalue weighted by Crippen LogP contribution is -2.09. The first-order chi connectivity index (χ1) is 13.8. The molecular weight excluding hydrogens is 350 g/mol. The van der Waals surface area contributed by atoms with Crippen LogP contribution in [0.15, 0.2) is 85.3 Å². The third-order valence-electron chi connectivity index (χ3n) is 4.58. The number of benzene rings is 2. The summed E-state index contributed by atoms with van der Waals surface area (Å²) >= 11 is 0. The quantitative estimate of drug-likeness (QED) is 0.488. The molecular formula is C23H19N3O2. The van der Waals surface area contributed by atoms with Crippen molar-refractivity contribution in [1.29, 1.82) is 0 Å². The number of imidazole rings is 1. The second kappa shape index (κ2) is 7.88. The molecule has 2 heterocycles. The SMILES string of the molecule is COC(=O)c1ccccc1Cn1ccnc1-c1ccc(-c2ccccn2)cc1. The maximum Gasteiger partial charge on any atom is 0.338 e. The van der Waals surface area contributed by atoms with Crippen LogP contribution >= 0.6 is 0 Å². The van der Waals surface area contributed by atoms with Crippen LogP contribution in [0.4, 0.5) is 0 Å². The number of nitrogens with zero attached hydrogens (tertiary/aromatic N) is 3. The molecule has 0 N–H and O–H groups in total. The predicted molar refractivity (Wildman–Crippen MR) is 108 cm³/mol. The Balaban J connectivity index is 1.63. The molecule has 4 rings (SSSR count). The van der Waals surface area contributed by atoms with Gasteiger partial charge in [-0.3, -0.25) is 4.98 Å². The van der Waals surface area contributed by atoms with Crippen LogP contribution in [0, 0.1) is 0 Å². The summed E-state index contributed by atoms with van der Waals surface area (Å²) in [5, 5.41) is 0. The molecule has 2 aromatic heterocycles. The highest BCUT2D eigenvalue weighted by molar-refractivity contribution is 5.91. The monoisotopic (exact) mass is 369 g/mol. The zero-order valence-corrected chi connectivity index (χ0v) is 15.4. The molecule has 5 heteroatoms. The van der Waals surface area contributed by atoms with Crippen LogP contribution in [0.2, 0.25) is 0 Å². The van der Waals surface area contributed by atoms with Crippen LogP contribution in [0.3, 0.4) is 0 Å². The Kier molecular flexibility index (Phi) is 4.97. The van der Waals surface area contributed by atoms with E-state index in [1.807, 2.05) is 71.4 Å². The van der Waals surface area contributed by atoms with Gasteiger partial charge in [-0.2, -0.15) is 0 Å². The van der Waals surface area contributed by atoms with Gasteiger partial charge in [-0.1, -0.05) is 48.5 Å². The average Bonchev–Trinajstić information content (AvgIpc) is 3.22. The number of esters is 1. The van der Waals surface area contributed by atoms with E-state index < -0.39 is 0 Å². The average molecular weight is 369 g/mol. The summed E-state index contributed by atoms with van der Waals surface area (Å²) < 4.78 is 6.92. The molecule has 0 bridgehead atoms. The Bertz CT molecular complexity index is 1090. The van der Waals surface area contributed by atoms with Crippen molar-refractivity contribution in [2.24, 2.45) is 0 Å². The summed E-state index contributed by atoms with van der Waals surface area (Å²) in [5.41, 5.74) is 4.44. The van der Waals surface area contributed by atoms with Crippen molar-refractivity contribution in [3.63, 3.8) is 0 Å². The van der Waals surface area contributed by atoms with E-state index in [1.165, 1.54) is 7.11 Å². The van der Waals surface area contributed by atoms with Gasteiger partial charge in [0.15, 0.2) is 0 Å². The van der Waals surface area contributed by atoms with Crippen LogP contribution in [0.1, 0.15) is 15.9 Å². The molecule has 0 spiro atoms. The molecule has 5 nitrogen and oxygen atoms in total. The lowest BCUT2D eigenvalue weighted by molar-refractivity contribution is 0.0599. The number of hydrogen-bond acceptors (Lipinski definition) is 4. The molecule has 138 valence electrons. The second-order valence-electron chi connectivity index (χ2n) is 6.32. The van der Waals surface area contributed by atoms with Gasteiger partial charge in [-0.25, -0.2) is 9.78 Å². The van der Waals surface area contributed by atoms with Crippen molar-refractivity contribution < 1.29 is 9.53 Å². The van der Waals surface area contributed by atoms with Crippen molar-refractivity contribution in [1.82, 2.24) is 14.5 Å². The minimum atomic E-state index is -0.336. The Morgan fingerprint density at radius 1 is 0.893 bits per heavy atom. The summed E-state index contributed by atoms with van der Waals surface area (Å²) in [6.07, 6.45) is 5.47. The van der Waals surface area contributed by atoms with Crippen LogP contribution in [-0.2, 0) is 11.3 Å². The minimum absolute atomic E-state index is 0.336. The number of pyridine rings is 1. The van der Waals surface area contributed by atoms with Gasteiger partial charge < -0.3 is 9.30 Å². The van der Waals surface area contributed by atoms with Gasteiger partial charge in [0.05, 0.1) is 18.4 Å². The number of aromatic nitrogens is 3. The topological polar surface area (TPSA) is 57.0 Å². The fourth-order valence-corrected chi connectivity index (χ4v) is 3.17. The van der Waals surface area contributed by atoms with Gasteiger partial charge in [-0.05, 0) is 23.8 Å². The molecule has 28 heavy (non-hydrogen) atoms. The lowest BCUT2D eigenvalue weighted by atomic mass is 10.1. The maximum absolute atomic E-state index is 12.0. The molecule has 2 aromatic carbocycles. The van der Waals surface area contributed by atoms with Gasteiger partial charge in [0, 0.05) is 36.3 Å². The number of hydrogen-bond donors (Lipinski definition) is 0. The highest BCUT2D eigenvalue weighted by Gasteiger charge is 2.13. The van der Waals surface area contributed by atoms with E-state index in [2.05, 4.69) is 9.97 Å². The van der Waals surface area contributed by atoms with Crippen molar-refractivity contribution in [3.05, 3.63) is 96.4 Å². The molecule has 0 amide bonds. The zero-order valence-electron chi connectivity index (χ0n) is 15.4. The Hall–Kier alpha value is -3.73. The summed E-state index contributed by atoms with van der Waals surface area (Å²) in [7, 11) is 1.39. The predicted octanol–water partition coefficient (Wildman–Crippen LogP) is 4.45. The number of carbonyl (C=O) groups excluding carboxylic acids is 1. The second-order valence-corrected chi connectivity index (χ2v) is 6.32. The Labute approximate surface area is 163 Å². The third-order valence-corrected chi connectivity index (χ3v) is 4.58. The molecule has 0 saturated carbocycles. The Morgan fingerprint density at radius 2 is 1.64 bits per heavy atom. The fourth-order valence-electron chi connectivity index (χ4n) is 3.17. The minimum Gasteiger partial charge on any atom is -0.465 e. The zero-order chi connectivity index (χ0) is 19.3. The Morgan fingerprint density at radius 3 is 2.39 bits per heavy atom. The van der Waals surface area contributed by atoms with Gasteiger partial charge in [0.2, 0.25) is 0 Å². The normalized spacial score (nSPS) is 10.6. The summed E-state index contributed by atoms with van der Waals surface area (Å²) in [5.74, 6) is 0.504. The van der Waals surface area contributed by atoms with Gasteiger partial charge in [-0.15, -0.1) is 0 Å². The summed E-state index contributed by atoms with van der Waals surface area (Å²) in [6.45, 7) is 0.530. The summed E-state index contributed by atoms with van der Waals surface area (Å²) in [6, 6.07) is 21.5. The molecule has 0 aliphatic carbocycles. The van der Waals surface area contributed by atoms with E-state index >= 15 is 0 Å². The van der Waals surface area contributed by atoms with E-state index in [-0.39, 0.29) is 5.97 Å². The standard InChI is InChI=1S/C23H19N3O2/c1-28-23(27)20-7-3-2-6-19(20)16-26-15-14-25-22(26)18-11-9-17(10-12-18)21-8-4-5-13-24-21/h2-15H,16H2,1H3. The molecule has 4 aromatic rings. The van der Waals surface area contributed by atoms with E-state index in [4.69, 9.17) is 4.74 Å². The van der Waals surface area contributed by atoms with Crippen molar-refractivity contribution in [3.8, 4) is 22.6 Å². The highest BCUT2D eigenvalue weighted by atomic mass is 16.5. The molecule has 0 fully saturated rings. The number of rotatable bonds is 5. The first kappa shape index (κ1) is 17.7. The largest absolute Gasteiger partial charge is 0.465 e. The summed E-state index contributed by atoms with van der Waals surface area (Å²) in [4.78, 5) is 20.9. The number of carbonyl (C=O) groups is 1. The van der Waals surface area contributed by atoms with E-state index in [1.54, 1.807) is 18.5 Å². The molecule has 0 unspecified atom stereocenters. The first-order valence-corrected chi connectivity index (χ1v) is 8.95. The van der Waals surface area contributed by atoms with Crippen LogP contribution in [-0.4, -0.2) is 27.6 Å².